The largest absolute Gasteiger partial charge is 0.465 e. The Kier molecular flexibility index (Phi) is 9.18. The Morgan fingerprint density at radius 3 is 2.65 bits per heavy atom. The van der Waals surface area contributed by atoms with Gasteiger partial charge < -0.3 is 15.8 Å². The van der Waals surface area contributed by atoms with Gasteiger partial charge in [0.2, 0.25) is 0 Å². The standard InChI is InChI=1S/C18H19Cl2N3O2.HI/c1-11(15-7-6-14(19)9-16(15)20)23-18(21)22-10-12-4-3-5-13(8-12)17(24)25-2;/h3-9,11H,10H2,1-2H3,(H3,21,22,23);1H. The van der Waals surface area contributed by atoms with E-state index in [9.17, 15) is 4.79 Å². The summed E-state index contributed by atoms with van der Waals surface area (Å²) < 4.78 is 4.70. The van der Waals surface area contributed by atoms with Gasteiger partial charge in [0.05, 0.1) is 25.3 Å². The van der Waals surface area contributed by atoms with Crippen LogP contribution in [0.25, 0.3) is 0 Å². The van der Waals surface area contributed by atoms with Gasteiger partial charge in [0.1, 0.15) is 0 Å². The summed E-state index contributed by atoms with van der Waals surface area (Å²) in [5.41, 5.74) is 8.14. The van der Waals surface area contributed by atoms with Gasteiger partial charge in [0, 0.05) is 10.0 Å². The quantitative estimate of drug-likeness (QED) is 0.269. The summed E-state index contributed by atoms with van der Waals surface area (Å²) in [5.74, 6) is -0.107. The molecule has 0 aliphatic rings. The molecule has 2 aromatic rings. The lowest BCUT2D eigenvalue weighted by Gasteiger charge is -2.16. The molecule has 0 spiro atoms. The fourth-order valence-corrected chi connectivity index (χ4v) is 2.86. The minimum atomic E-state index is -0.386. The summed E-state index contributed by atoms with van der Waals surface area (Å²) in [6, 6.07) is 12.2. The number of rotatable bonds is 5. The Morgan fingerprint density at radius 2 is 2.00 bits per heavy atom. The number of carbonyl (C=O) groups excluding carboxylic acids is 1. The average Bonchev–Trinajstić information content (AvgIpc) is 2.59. The van der Waals surface area contributed by atoms with Crippen LogP contribution >= 0.6 is 47.2 Å². The fourth-order valence-electron chi connectivity index (χ4n) is 2.29. The lowest BCUT2D eigenvalue weighted by atomic mass is 10.1. The second kappa shape index (κ2) is 10.6. The van der Waals surface area contributed by atoms with Gasteiger partial charge in [0.25, 0.3) is 0 Å². The molecule has 0 aromatic heterocycles. The zero-order valence-corrected chi connectivity index (χ0v) is 18.2. The predicted molar refractivity (Wildman–Crippen MR) is 117 cm³/mol. The number of esters is 1. The Balaban J connectivity index is 0.00000338. The van der Waals surface area contributed by atoms with Crippen LogP contribution in [0.1, 0.15) is 34.5 Å². The van der Waals surface area contributed by atoms with Crippen LogP contribution < -0.4 is 11.1 Å². The molecule has 0 aliphatic heterocycles. The second-order valence-electron chi connectivity index (χ2n) is 5.43. The number of nitrogens with zero attached hydrogens (tertiary/aromatic N) is 1. The molecule has 2 aromatic carbocycles. The molecular weight excluding hydrogens is 488 g/mol. The predicted octanol–water partition coefficient (Wildman–Crippen LogP) is 4.56. The third-order valence-corrected chi connectivity index (χ3v) is 4.14. The highest BCUT2D eigenvalue weighted by Crippen LogP contribution is 2.25. The normalized spacial score (nSPS) is 12.1. The van der Waals surface area contributed by atoms with Crippen LogP contribution in [0.3, 0.4) is 0 Å². The van der Waals surface area contributed by atoms with Crippen LogP contribution in [0, 0.1) is 0 Å². The van der Waals surface area contributed by atoms with Crippen LogP contribution in [0.2, 0.25) is 10.0 Å². The van der Waals surface area contributed by atoms with Crippen molar-refractivity contribution in [2.75, 3.05) is 7.11 Å². The lowest BCUT2D eigenvalue weighted by molar-refractivity contribution is 0.0600. The maximum absolute atomic E-state index is 11.5. The average molecular weight is 508 g/mol. The van der Waals surface area contributed by atoms with E-state index < -0.39 is 0 Å². The molecule has 1 unspecified atom stereocenters. The third-order valence-electron chi connectivity index (χ3n) is 3.57. The molecule has 0 saturated heterocycles. The summed E-state index contributed by atoms with van der Waals surface area (Å²) in [6.07, 6.45) is 0. The highest BCUT2D eigenvalue weighted by atomic mass is 127. The van der Waals surface area contributed by atoms with Gasteiger partial charge in [-0.05, 0) is 42.3 Å². The van der Waals surface area contributed by atoms with Crippen molar-refractivity contribution in [2.45, 2.75) is 19.5 Å². The molecule has 26 heavy (non-hydrogen) atoms. The van der Waals surface area contributed by atoms with Crippen molar-refractivity contribution in [1.82, 2.24) is 5.32 Å². The molecular formula is C18H20Cl2IN3O2. The number of halogens is 3. The fraction of sp³-hybridized carbons (Fsp3) is 0.222. The summed E-state index contributed by atoms with van der Waals surface area (Å²) in [7, 11) is 1.35. The zero-order valence-electron chi connectivity index (χ0n) is 14.3. The summed E-state index contributed by atoms with van der Waals surface area (Å²) >= 11 is 12.1. The number of nitrogens with one attached hydrogen (secondary N) is 1. The third kappa shape index (κ3) is 6.34. The van der Waals surface area contributed by atoms with Gasteiger partial charge in [-0.2, -0.15) is 0 Å². The molecule has 1 atom stereocenters. The van der Waals surface area contributed by atoms with E-state index in [1.54, 1.807) is 30.3 Å². The first-order chi connectivity index (χ1) is 11.9. The number of ether oxygens (including phenoxy) is 1. The highest BCUT2D eigenvalue weighted by Gasteiger charge is 2.11. The van der Waals surface area contributed by atoms with Crippen molar-refractivity contribution in [2.24, 2.45) is 10.7 Å². The van der Waals surface area contributed by atoms with Crippen molar-refractivity contribution in [1.29, 1.82) is 0 Å². The van der Waals surface area contributed by atoms with Crippen LogP contribution in [0.4, 0.5) is 0 Å². The van der Waals surface area contributed by atoms with Crippen LogP contribution in [0.5, 0.6) is 0 Å². The molecule has 0 fully saturated rings. The van der Waals surface area contributed by atoms with E-state index in [1.807, 2.05) is 19.1 Å². The van der Waals surface area contributed by atoms with E-state index in [2.05, 4.69) is 10.3 Å². The number of carbonyl (C=O) groups is 1. The minimum absolute atomic E-state index is 0. The Bertz CT molecular complexity index is 800. The number of benzene rings is 2. The SMILES string of the molecule is COC(=O)c1cccc(CN=C(N)NC(C)c2ccc(Cl)cc2Cl)c1.I. The molecule has 0 aliphatic carbocycles. The van der Waals surface area contributed by atoms with Crippen LogP contribution in [-0.2, 0) is 11.3 Å². The maximum Gasteiger partial charge on any atom is 0.337 e. The van der Waals surface area contributed by atoms with Crippen molar-refractivity contribution in [3.05, 3.63) is 69.2 Å². The topological polar surface area (TPSA) is 76.7 Å². The molecule has 2 rings (SSSR count). The first kappa shape index (κ1) is 22.5. The minimum Gasteiger partial charge on any atom is -0.465 e. The number of hydrogen-bond acceptors (Lipinski definition) is 3. The van der Waals surface area contributed by atoms with Gasteiger partial charge in [-0.15, -0.1) is 24.0 Å². The summed E-state index contributed by atoms with van der Waals surface area (Å²) in [4.78, 5) is 15.8. The monoisotopic (exact) mass is 507 g/mol. The highest BCUT2D eigenvalue weighted by molar-refractivity contribution is 14.0. The molecule has 0 saturated carbocycles. The second-order valence-corrected chi connectivity index (χ2v) is 6.27. The van der Waals surface area contributed by atoms with E-state index in [-0.39, 0.29) is 41.9 Å². The lowest BCUT2D eigenvalue weighted by Crippen LogP contribution is -2.34. The van der Waals surface area contributed by atoms with E-state index in [1.165, 1.54) is 7.11 Å². The van der Waals surface area contributed by atoms with Crippen molar-refractivity contribution < 1.29 is 9.53 Å². The van der Waals surface area contributed by atoms with Gasteiger partial charge in [-0.3, -0.25) is 0 Å². The van der Waals surface area contributed by atoms with Gasteiger partial charge >= 0.3 is 5.97 Å². The first-order valence-corrected chi connectivity index (χ1v) is 8.35. The number of aliphatic imine (C=N–C) groups is 1. The van der Waals surface area contributed by atoms with Gasteiger partial charge in [-0.25, -0.2) is 9.79 Å². The van der Waals surface area contributed by atoms with Crippen LogP contribution in [0.15, 0.2) is 47.5 Å². The Labute approximate surface area is 179 Å². The smallest absolute Gasteiger partial charge is 0.337 e. The molecule has 0 amide bonds. The molecule has 3 N–H and O–H groups in total. The molecule has 0 bridgehead atoms. The molecule has 0 radical (unpaired) electrons. The van der Waals surface area contributed by atoms with Crippen molar-refractivity contribution >= 4 is 59.1 Å². The first-order valence-electron chi connectivity index (χ1n) is 7.59. The Hall–Kier alpha value is -1.51. The van der Waals surface area contributed by atoms with E-state index in [4.69, 9.17) is 33.7 Å². The summed E-state index contributed by atoms with van der Waals surface area (Å²) in [6.45, 7) is 2.26. The number of nitrogens with two attached hydrogens (primary N) is 1. The van der Waals surface area contributed by atoms with Crippen LogP contribution in [-0.4, -0.2) is 19.0 Å². The van der Waals surface area contributed by atoms with Crippen molar-refractivity contribution in [3.8, 4) is 0 Å². The molecule has 140 valence electrons. The van der Waals surface area contributed by atoms with E-state index in [0.717, 1.165) is 11.1 Å². The maximum atomic E-state index is 11.5. The number of methoxy groups -OCH3 is 1. The Morgan fingerprint density at radius 1 is 1.27 bits per heavy atom. The number of guanidine groups is 1. The van der Waals surface area contributed by atoms with E-state index in [0.29, 0.717) is 22.2 Å². The van der Waals surface area contributed by atoms with Gasteiger partial charge in [-0.1, -0.05) is 41.4 Å². The zero-order chi connectivity index (χ0) is 18.4. The molecule has 8 heteroatoms. The molecule has 0 heterocycles. The molecule has 5 nitrogen and oxygen atoms in total. The number of hydrogen-bond donors (Lipinski definition) is 2. The van der Waals surface area contributed by atoms with Gasteiger partial charge in [0.15, 0.2) is 5.96 Å². The van der Waals surface area contributed by atoms with E-state index >= 15 is 0 Å². The summed E-state index contributed by atoms with van der Waals surface area (Å²) in [5, 5.41) is 4.22. The van der Waals surface area contributed by atoms with Crippen molar-refractivity contribution in [3.63, 3.8) is 0 Å².